The molecule has 8 nitrogen and oxygen atoms in total. The molecule has 1 atom stereocenters. The zero-order valence-electron chi connectivity index (χ0n) is 16.4. The van der Waals surface area contributed by atoms with E-state index in [1.807, 2.05) is 35.5 Å². The molecule has 29 heavy (non-hydrogen) atoms. The number of rotatable bonds is 8. The zero-order chi connectivity index (χ0) is 21.0. The lowest BCUT2D eigenvalue weighted by molar-refractivity contribution is 0.102. The molecule has 0 fully saturated rings. The summed E-state index contributed by atoms with van der Waals surface area (Å²) < 4.78 is 5.19. The Morgan fingerprint density at radius 3 is 2.86 bits per heavy atom. The Balaban J connectivity index is 2.04. The molecule has 0 radical (unpaired) electrons. The number of hydrogen-bond acceptors (Lipinski definition) is 9. The Morgan fingerprint density at radius 1 is 1.38 bits per heavy atom. The number of methoxy groups -OCH3 is 1. The lowest BCUT2D eigenvalue weighted by Crippen LogP contribution is -2.25. The van der Waals surface area contributed by atoms with E-state index >= 15 is 0 Å². The summed E-state index contributed by atoms with van der Waals surface area (Å²) in [4.78, 5) is 14.4. The van der Waals surface area contributed by atoms with Gasteiger partial charge in [0.05, 0.1) is 24.2 Å². The van der Waals surface area contributed by atoms with Crippen molar-refractivity contribution < 1.29 is 9.84 Å². The number of ether oxygens (including phenoxy) is 1. The SMILES string of the molecule is COCCN(C)c1ccc([C@@](C)(O)c2nccs2)cc1Nc1nc(N)ncc1Cl. The van der Waals surface area contributed by atoms with E-state index in [1.54, 1.807) is 20.2 Å². The highest BCUT2D eigenvalue weighted by atomic mass is 35.5. The maximum atomic E-state index is 11.1. The van der Waals surface area contributed by atoms with Gasteiger partial charge in [-0.15, -0.1) is 11.3 Å². The fourth-order valence-corrected chi connectivity index (χ4v) is 3.66. The third kappa shape index (κ3) is 4.76. The Bertz CT molecular complexity index is 967. The molecule has 154 valence electrons. The third-order valence-corrected chi connectivity index (χ3v) is 5.73. The summed E-state index contributed by atoms with van der Waals surface area (Å²) in [6.45, 7) is 2.96. The van der Waals surface area contributed by atoms with Gasteiger partial charge in [0.1, 0.15) is 15.6 Å². The van der Waals surface area contributed by atoms with Gasteiger partial charge >= 0.3 is 0 Å². The lowest BCUT2D eigenvalue weighted by Gasteiger charge is -2.27. The lowest BCUT2D eigenvalue weighted by atomic mass is 9.95. The molecule has 0 unspecified atom stereocenters. The zero-order valence-corrected chi connectivity index (χ0v) is 18.0. The molecule has 2 heterocycles. The number of nitrogens with two attached hydrogens (primary N) is 1. The van der Waals surface area contributed by atoms with Crippen LogP contribution < -0.4 is 16.0 Å². The minimum Gasteiger partial charge on any atom is -0.383 e. The number of nitrogens with zero attached hydrogens (tertiary/aromatic N) is 4. The highest BCUT2D eigenvalue weighted by Gasteiger charge is 2.29. The molecular formula is C19H23ClN6O2S. The van der Waals surface area contributed by atoms with Crippen molar-refractivity contribution in [1.29, 1.82) is 0 Å². The van der Waals surface area contributed by atoms with Gasteiger partial charge in [-0.25, -0.2) is 9.97 Å². The van der Waals surface area contributed by atoms with Crippen LogP contribution in [0.1, 0.15) is 17.5 Å². The number of benzene rings is 1. The second-order valence-corrected chi connectivity index (χ2v) is 7.91. The second-order valence-electron chi connectivity index (χ2n) is 6.61. The molecule has 0 amide bonds. The van der Waals surface area contributed by atoms with Crippen LogP contribution in [0.15, 0.2) is 36.0 Å². The first kappa shape index (κ1) is 21.3. The third-order valence-electron chi connectivity index (χ3n) is 4.47. The van der Waals surface area contributed by atoms with Crippen LogP contribution in [0.25, 0.3) is 0 Å². The number of aromatic nitrogens is 3. The van der Waals surface area contributed by atoms with Crippen LogP contribution in [0, 0.1) is 0 Å². The van der Waals surface area contributed by atoms with Crippen molar-refractivity contribution in [2.45, 2.75) is 12.5 Å². The summed E-state index contributed by atoms with van der Waals surface area (Å²) in [7, 11) is 3.61. The quantitative estimate of drug-likeness (QED) is 0.495. The molecule has 4 N–H and O–H groups in total. The molecule has 0 aliphatic carbocycles. The molecule has 3 rings (SSSR count). The number of likely N-dealkylation sites (N-methyl/N-ethyl adjacent to an activating group) is 1. The smallest absolute Gasteiger partial charge is 0.222 e. The molecule has 3 aromatic rings. The Kier molecular flexibility index (Phi) is 6.53. The Hall–Kier alpha value is -2.46. The molecule has 0 spiro atoms. The van der Waals surface area contributed by atoms with Gasteiger partial charge in [0.2, 0.25) is 5.95 Å². The highest BCUT2D eigenvalue weighted by Crippen LogP contribution is 2.37. The molecule has 0 bridgehead atoms. The first-order valence-electron chi connectivity index (χ1n) is 8.85. The van der Waals surface area contributed by atoms with Gasteiger partial charge in [0.25, 0.3) is 0 Å². The van der Waals surface area contributed by atoms with E-state index in [0.29, 0.717) is 40.3 Å². The van der Waals surface area contributed by atoms with Crippen LogP contribution in [0.5, 0.6) is 0 Å². The average molecular weight is 435 g/mol. The van der Waals surface area contributed by atoms with Crippen molar-refractivity contribution in [1.82, 2.24) is 15.0 Å². The Labute approximate surface area is 178 Å². The molecule has 0 aliphatic rings. The van der Waals surface area contributed by atoms with Gasteiger partial charge < -0.3 is 25.8 Å². The summed E-state index contributed by atoms with van der Waals surface area (Å²) in [5.74, 6) is 0.490. The molecular weight excluding hydrogens is 412 g/mol. The van der Waals surface area contributed by atoms with Crippen molar-refractivity contribution in [3.05, 3.63) is 51.6 Å². The van der Waals surface area contributed by atoms with E-state index in [0.717, 1.165) is 5.69 Å². The Morgan fingerprint density at radius 2 is 2.17 bits per heavy atom. The maximum Gasteiger partial charge on any atom is 0.222 e. The second kappa shape index (κ2) is 8.91. The van der Waals surface area contributed by atoms with Gasteiger partial charge in [0.15, 0.2) is 5.82 Å². The minimum absolute atomic E-state index is 0.108. The summed E-state index contributed by atoms with van der Waals surface area (Å²) in [6, 6.07) is 5.66. The number of thiazole rings is 1. The monoisotopic (exact) mass is 434 g/mol. The van der Waals surface area contributed by atoms with Crippen LogP contribution >= 0.6 is 22.9 Å². The number of halogens is 1. The minimum atomic E-state index is -1.25. The van der Waals surface area contributed by atoms with Crippen LogP contribution in [-0.4, -0.2) is 47.4 Å². The van der Waals surface area contributed by atoms with Gasteiger partial charge in [-0.3, -0.25) is 0 Å². The van der Waals surface area contributed by atoms with Crippen molar-refractivity contribution in [2.24, 2.45) is 0 Å². The first-order chi connectivity index (χ1) is 13.8. The van der Waals surface area contributed by atoms with Crippen molar-refractivity contribution >= 4 is 46.1 Å². The van der Waals surface area contributed by atoms with Crippen LogP contribution in [-0.2, 0) is 10.3 Å². The average Bonchev–Trinajstić information content (AvgIpc) is 3.24. The highest BCUT2D eigenvalue weighted by molar-refractivity contribution is 7.09. The summed E-state index contributed by atoms with van der Waals surface area (Å²) in [6.07, 6.45) is 3.11. The fraction of sp³-hybridized carbons (Fsp3) is 0.316. The van der Waals surface area contributed by atoms with Crippen LogP contribution in [0.4, 0.5) is 23.1 Å². The largest absolute Gasteiger partial charge is 0.383 e. The van der Waals surface area contributed by atoms with Gasteiger partial charge in [-0.1, -0.05) is 17.7 Å². The summed E-state index contributed by atoms with van der Waals surface area (Å²) >= 11 is 7.63. The standard InChI is InChI=1S/C19H23ClN6O2S/c1-19(27,17-22-6-9-29-17)12-4-5-15(26(2)7-8-28-3)14(10-12)24-16-13(20)11-23-18(21)25-16/h4-6,9-11,27H,7-8H2,1-3H3,(H3,21,23,24,25)/t19-/m1/s1. The van der Waals surface area contributed by atoms with E-state index < -0.39 is 5.60 Å². The van der Waals surface area contributed by atoms with E-state index in [4.69, 9.17) is 22.1 Å². The summed E-state index contributed by atoms with van der Waals surface area (Å²) in [5.41, 5.74) is 6.73. The van der Waals surface area contributed by atoms with Crippen LogP contribution in [0.3, 0.4) is 0 Å². The van der Waals surface area contributed by atoms with Crippen LogP contribution in [0.2, 0.25) is 5.02 Å². The number of hydrogen-bond donors (Lipinski definition) is 3. The normalized spacial score (nSPS) is 13.1. The predicted molar refractivity (Wildman–Crippen MR) is 117 cm³/mol. The molecule has 0 aliphatic heterocycles. The molecule has 10 heteroatoms. The first-order valence-corrected chi connectivity index (χ1v) is 10.1. The summed E-state index contributed by atoms with van der Waals surface area (Å²) in [5, 5.41) is 17.1. The molecule has 0 saturated heterocycles. The number of anilines is 4. The van der Waals surface area contributed by atoms with Gasteiger partial charge in [-0.2, -0.15) is 4.98 Å². The molecule has 1 aromatic carbocycles. The van der Waals surface area contributed by atoms with E-state index in [1.165, 1.54) is 17.5 Å². The molecule has 0 saturated carbocycles. The maximum absolute atomic E-state index is 11.1. The van der Waals surface area contributed by atoms with Crippen molar-refractivity contribution in [3.8, 4) is 0 Å². The van der Waals surface area contributed by atoms with Crippen molar-refractivity contribution in [3.63, 3.8) is 0 Å². The number of nitrogens with one attached hydrogen (secondary N) is 1. The topological polar surface area (TPSA) is 109 Å². The van der Waals surface area contributed by atoms with Gasteiger partial charge in [0, 0.05) is 32.3 Å². The van der Waals surface area contributed by atoms with Crippen molar-refractivity contribution in [2.75, 3.05) is 43.3 Å². The number of nitrogen functional groups attached to an aromatic ring is 1. The van der Waals surface area contributed by atoms with Gasteiger partial charge in [-0.05, 0) is 24.6 Å². The van der Waals surface area contributed by atoms with E-state index in [2.05, 4.69) is 20.3 Å². The van der Waals surface area contributed by atoms with E-state index in [9.17, 15) is 5.11 Å². The predicted octanol–water partition coefficient (Wildman–Crippen LogP) is 3.25. The molecule has 2 aromatic heterocycles. The fourth-order valence-electron chi connectivity index (χ4n) is 2.80. The van der Waals surface area contributed by atoms with E-state index in [-0.39, 0.29) is 5.95 Å². The number of aliphatic hydroxyl groups is 1.